The maximum Gasteiger partial charge on any atom is 0.170 e. The molecule has 1 fully saturated rings. The average molecular weight is 327 g/mol. The molecule has 2 rings (SSSR count). The van der Waals surface area contributed by atoms with Crippen LogP contribution >= 0.6 is 15.9 Å². The van der Waals surface area contributed by atoms with Crippen LogP contribution in [0, 0.1) is 5.82 Å². The number of benzene rings is 1. The summed E-state index contributed by atoms with van der Waals surface area (Å²) in [6.45, 7) is 1.33. The van der Waals surface area contributed by atoms with Crippen molar-refractivity contribution in [1.82, 2.24) is 0 Å². The molecule has 1 aromatic carbocycles. The molecule has 3 nitrogen and oxygen atoms in total. The van der Waals surface area contributed by atoms with Crippen LogP contribution in [0.25, 0.3) is 0 Å². The summed E-state index contributed by atoms with van der Waals surface area (Å²) in [6.07, 6.45) is 0.284. The lowest BCUT2D eigenvalue weighted by molar-refractivity contribution is -0.124. The Kier molecular flexibility index (Phi) is 3.85. The summed E-state index contributed by atoms with van der Waals surface area (Å²) in [4.78, 5) is 23.8. The molecule has 0 radical (unpaired) electrons. The zero-order valence-corrected chi connectivity index (χ0v) is 11.8. The molecule has 19 heavy (non-hydrogen) atoms. The highest BCUT2D eigenvalue weighted by Gasteiger charge is 2.33. The minimum atomic E-state index is -0.379. The van der Waals surface area contributed by atoms with Gasteiger partial charge in [0.15, 0.2) is 11.6 Å². The Morgan fingerprint density at radius 1 is 1.32 bits per heavy atom. The van der Waals surface area contributed by atoms with Gasteiger partial charge in [0, 0.05) is 17.3 Å². The molecule has 1 N–H and O–H groups in total. The third-order valence-electron chi connectivity index (χ3n) is 3.19. The highest BCUT2D eigenvalue weighted by Crippen LogP contribution is 2.36. The summed E-state index contributed by atoms with van der Waals surface area (Å²) in [5.74, 6) is -1.62. The van der Waals surface area contributed by atoms with Gasteiger partial charge in [-0.1, -0.05) is 22.0 Å². The monoisotopic (exact) mass is 326 g/mol. The molecule has 0 aromatic heterocycles. The van der Waals surface area contributed by atoms with Gasteiger partial charge in [-0.05, 0) is 30.5 Å². The number of allylic oxidation sites excluding steroid dienone is 2. The lowest BCUT2D eigenvalue weighted by Crippen LogP contribution is -2.26. The first kappa shape index (κ1) is 13.9. The van der Waals surface area contributed by atoms with Crippen LogP contribution in [-0.4, -0.2) is 16.7 Å². The fraction of sp³-hybridized carbons (Fsp3) is 0.286. The summed E-state index contributed by atoms with van der Waals surface area (Å²) >= 11 is 3.24. The molecule has 0 unspecified atom stereocenters. The van der Waals surface area contributed by atoms with Gasteiger partial charge in [-0.3, -0.25) is 9.59 Å². The molecule has 5 heteroatoms. The molecule has 1 aliphatic rings. The Bertz CT molecular complexity index is 568. The van der Waals surface area contributed by atoms with E-state index >= 15 is 0 Å². The zero-order valence-electron chi connectivity index (χ0n) is 10.2. The number of hydrogen-bond donors (Lipinski definition) is 1. The molecular weight excluding hydrogens is 315 g/mol. The van der Waals surface area contributed by atoms with E-state index in [0.29, 0.717) is 4.47 Å². The van der Waals surface area contributed by atoms with E-state index in [1.165, 1.54) is 19.1 Å². The number of halogens is 2. The lowest BCUT2D eigenvalue weighted by atomic mass is 9.79. The predicted octanol–water partition coefficient (Wildman–Crippen LogP) is 3.44. The first-order chi connectivity index (χ1) is 8.90. The minimum Gasteiger partial charge on any atom is -0.512 e. The fourth-order valence-corrected chi connectivity index (χ4v) is 3.01. The van der Waals surface area contributed by atoms with E-state index in [1.54, 1.807) is 6.07 Å². The van der Waals surface area contributed by atoms with Crippen LogP contribution in [0.15, 0.2) is 34.0 Å². The molecule has 0 aliphatic heterocycles. The van der Waals surface area contributed by atoms with E-state index in [9.17, 15) is 19.1 Å². The van der Waals surface area contributed by atoms with Crippen molar-refractivity contribution in [2.75, 3.05) is 0 Å². The zero-order chi connectivity index (χ0) is 14.2. The summed E-state index contributed by atoms with van der Waals surface area (Å²) < 4.78 is 13.6. The van der Waals surface area contributed by atoms with Crippen LogP contribution in [0.5, 0.6) is 0 Å². The van der Waals surface area contributed by atoms with E-state index in [-0.39, 0.29) is 47.5 Å². The lowest BCUT2D eigenvalue weighted by Gasteiger charge is -2.23. The largest absolute Gasteiger partial charge is 0.512 e. The van der Waals surface area contributed by atoms with Gasteiger partial charge in [0.2, 0.25) is 0 Å². The van der Waals surface area contributed by atoms with Crippen molar-refractivity contribution in [3.8, 4) is 0 Å². The number of carbonyl (C=O) groups is 2. The van der Waals surface area contributed by atoms with E-state index in [2.05, 4.69) is 15.9 Å². The molecule has 0 bridgehead atoms. The van der Waals surface area contributed by atoms with Gasteiger partial charge in [-0.2, -0.15) is 0 Å². The maximum absolute atomic E-state index is 13.0. The summed E-state index contributed by atoms with van der Waals surface area (Å²) in [5, 5.41) is 9.34. The van der Waals surface area contributed by atoms with Crippen LogP contribution in [0.2, 0.25) is 0 Å². The van der Waals surface area contributed by atoms with Gasteiger partial charge in [-0.25, -0.2) is 4.39 Å². The highest BCUT2D eigenvalue weighted by atomic mass is 79.9. The molecule has 1 aromatic rings. The number of carbonyl (C=O) groups excluding carboxylic acids is 2. The molecule has 1 saturated carbocycles. The van der Waals surface area contributed by atoms with Crippen LogP contribution < -0.4 is 0 Å². The number of rotatable bonds is 1. The van der Waals surface area contributed by atoms with Crippen LogP contribution in [0.3, 0.4) is 0 Å². The Balaban J connectivity index is 2.33. The summed E-state index contributed by atoms with van der Waals surface area (Å²) in [7, 11) is 0. The molecule has 0 heterocycles. The van der Waals surface area contributed by atoms with Gasteiger partial charge in [0.25, 0.3) is 0 Å². The van der Waals surface area contributed by atoms with Crippen molar-refractivity contribution in [2.45, 2.75) is 25.7 Å². The van der Waals surface area contributed by atoms with Crippen molar-refractivity contribution in [2.24, 2.45) is 0 Å². The van der Waals surface area contributed by atoms with Gasteiger partial charge < -0.3 is 5.11 Å². The van der Waals surface area contributed by atoms with Gasteiger partial charge in [0.05, 0.1) is 5.57 Å². The van der Waals surface area contributed by atoms with Crippen molar-refractivity contribution in [1.29, 1.82) is 0 Å². The quantitative estimate of drug-likeness (QED) is 0.488. The molecular formula is C14H12BrFO3. The molecule has 100 valence electrons. The molecule has 0 spiro atoms. The first-order valence-electron chi connectivity index (χ1n) is 5.81. The summed E-state index contributed by atoms with van der Waals surface area (Å²) in [6, 6.07) is 4.19. The Labute approximate surface area is 118 Å². The smallest absolute Gasteiger partial charge is 0.170 e. The second-order valence-corrected chi connectivity index (χ2v) is 5.43. The van der Waals surface area contributed by atoms with Gasteiger partial charge >= 0.3 is 0 Å². The van der Waals surface area contributed by atoms with Crippen LogP contribution in [0.1, 0.15) is 31.2 Å². The standard InChI is InChI=1S/C14H12BrFO3/c1-7(17)14-12(18)4-8(5-13(14)19)10-3-2-9(16)6-11(10)15/h2-3,6,8,17H,4-5H2,1H3. The second kappa shape index (κ2) is 5.25. The van der Waals surface area contributed by atoms with Crippen molar-refractivity contribution >= 4 is 27.5 Å². The number of aliphatic hydroxyl groups excluding tert-OH is 1. The number of hydrogen-bond acceptors (Lipinski definition) is 3. The SMILES string of the molecule is CC(O)=C1C(=O)CC(c2ccc(F)cc2Br)CC1=O. The van der Waals surface area contributed by atoms with E-state index < -0.39 is 0 Å². The number of Topliss-reactive ketones (excluding diaryl/α,β-unsaturated/α-hetero) is 2. The normalized spacial score (nSPS) is 19.7. The van der Waals surface area contributed by atoms with Crippen molar-refractivity contribution in [3.05, 3.63) is 45.4 Å². The molecule has 1 aliphatic carbocycles. The number of aliphatic hydroxyl groups is 1. The third-order valence-corrected chi connectivity index (χ3v) is 3.87. The van der Waals surface area contributed by atoms with Gasteiger partial charge in [-0.15, -0.1) is 0 Å². The van der Waals surface area contributed by atoms with Crippen LogP contribution in [0.4, 0.5) is 4.39 Å². The average Bonchev–Trinajstić information content (AvgIpc) is 2.26. The Morgan fingerprint density at radius 3 is 2.37 bits per heavy atom. The predicted molar refractivity (Wildman–Crippen MR) is 71.4 cm³/mol. The second-order valence-electron chi connectivity index (χ2n) is 4.58. The Morgan fingerprint density at radius 2 is 1.89 bits per heavy atom. The molecule has 0 amide bonds. The summed E-state index contributed by atoms with van der Waals surface area (Å²) in [5.41, 5.74) is 0.632. The van der Waals surface area contributed by atoms with E-state index in [4.69, 9.17) is 0 Å². The van der Waals surface area contributed by atoms with Gasteiger partial charge in [0.1, 0.15) is 11.6 Å². The third kappa shape index (κ3) is 2.76. The topological polar surface area (TPSA) is 54.4 Å². The molecule has 0 saturated heterocycles. The first-order valence-corrected chi connectivity index (χ1v) is 6.60. The van der Waals surface area contributed by atoms with E-state index in [0.717, 1.165) is 5.56 Å². The highest BCUT2D eigenvalue weighted by molar-refractivity contribution is 9.10. The van der Waals surface area contributed by atoms with E-state index in [1.807, 2.05) is 0 Å². The maximum atomic E-state index is 13.0. The molecule has 0 atom stereocenters. The minimum absolute atomic E-state index is 0.102. The number of ketones is 2. The van der Waals surface area contributed by atoms with Crippen LogP contribution in [-0.2, 0) is 9.59 Å². The van der Waals surface area contributed by atoms with Crippen molar-refractivity contribution < 1.29 is 19.1 Å². The Hall–Kier alpha value is -1.49. The fourth-order valence-electron chi connectivity index (χ4n) is 2.34. The van der Waals surface area contributed by atoms with Crippen molar-refractivity contribution in [3.63, 3.8) is 0 Å².